The predicted molar refractivity (Wildman–Crippen MR) is 111 cm³/mol. The van der Waals surface area contributed by atoms with Crippen molar-refractivity contribution in [2.24, 2.45) is 0 Å². The Kier molecular flexibility index (Phi) is 6.07. The molecule has 0 atom stereocenters. The van der Waals surface area contributed by atoms with E-state index >= 15 is 0 Å². The predicted octanol–water partition coefficient (Wildman–Crippen LogP) is 8.48. The SMILES string of the molecule is Brc1ccsc1-c1sccc1Br.c1csc(-c2cccs2)c1. The fourth-order valence-corrected chi connectivity index (χ4v) is 6.93. The van der Waals surface area contributed by atoms with Gasteiger partial charge in [-0.15, -0.1) is 45.3 Å². The van der Waals surface area contributed by atoms with Crippen molar-refractivity contribution in [3.63, 3.8) is 0 Å². The second-order valence-electron chi connectivity index (χ2n) is 4.15. The van der Waals surface area contributed by atoms with Crippen molar-refractivity contribution in [3.8, 4) is 19.5 Å². The molecule has 4 aromatic heterocycles. The van der Waals surface area contributed by atoms with E-state index in [-0.39, 0.29) is 0 Å². The Morgan fingerprint density at radius 1 is 0.545 bits per heavy atom. The van der Waals surface area contributed by atoms with Gasteiger partial charge in [-0.1, -0.05) is 12.1 Å². The van der Waals surface area contributed by atoms with Crippen LogP contribution >= 0.6 is 77.2 Å². The minimum Gasteiger partial charge on any atom is -0.143 e. The Labute approximate surface area is 162 Å². The second kappa shape index (κ2) is 8.04. The lowest BCUT2D eigenvalue weighted by Crippen LogP contribution is -1.64. The summed E-state index contributed by atoms with van der Waals surface area (Å²) in [6.07, 6.45) is 0. The van der Waals surface area contributed by atoms with Crippen LogP contribution in [-0.4, -0.2) is 0 Å². The highest BCUT2D eigenvalue weighted by Crippen LogP contribution is 2.40. The van der Waals surface area contributed by atoms with Crippen LogP contribution in [0.15, 0.2) is 66.9 Å². The minimum absolute atomic E-state index is 1.18. The zero-order valence-electron chi connectivity index (χ0n) is 11.2. The molecule has 0 fully saturated rings. The van der Waals surface area contributed by atoms with E-state index in [2.05, 4.69) is 89.8 Å². The van der Waals surface area contributed by atoms with Gasteiger partial charge in [0.25, 0.3) is 0 Å². The summed E-state index contributed by atoms with van der Waals surface area (Å²) in [6, 6.07) is 12.6. The zero-order chi connectivity index (χ0) is 15.4. The Hall–Kier alpha value is -0.240. The van der Waals surface area contributed by atoms with Gasteiger partial charge in [-0.05, 0) is 77.6 Å². The number of rotatable bonds is 2. The largest absolute Gasteiger partial charge is 0.143 e. The maximum atomic E-state index is 3.52. The van der Waals surface area contributed by atoms with Gasteiger partial charge in [-0.25, -0.2) is 0 Å². The normalized spacial score (nSPS) is 10.3. The van der Waals surface area contributed by atoms with Crippen LogP contribution in [0.3, 0.4) is 0 Å². The quantitative estimate of drug-likeness (QED) is 0.264. The lowest BCUT2D eigenvalue weighted by Gasteiger charge is -1.93. The first-order chi connectivity index (χ1) is 10.8. The molecule has 0 aromatic carbocycles. The fourth-order valence-electron chi connectivity index (χ4n) is 1.75. The number of halogens is 2. The standard InChI is InChI=1S/C8H4Br2S2.C8H6S2/c9-5-1-3-11-7(5)8-6(10)2-4-12-8;1-3-7(9-5-1)8-4-2-6-10-8/h1-4H;1-6H. The summed E-state index contributed by atoms with van der Waals surface area (Å²) in [7, 11) is 0. The molecule has 0 aliphatic carbocycles. The van der Waals surface area contributed by atoms with Gasteiger partial charge in [0.05, 0.1) is 9.75 Å². The van der Waals surface area contributed by atoms with Crippen molar-refractivity contribution in [1.82, 2.24) is 0 Å². The monoisotopic (exact) mass is 488 g/mol. The van der Waals surface area contributed by atoms with E-state index in [1.54, 1.807) is 45.3 Å². The molecule has 0 amide bonds. The number of hydrogen-bond donors (Lipinski definition) is 0. The first kappa shape index (κ1) is 16.6. The van der Waals surface area contributed by atoms with Gasteiger partial charge in [0.15, 0.2) is 0 Å². The van der Waals surface area contributed by atoms with Crippen LogP contribution < -0.4 is 0 Å². The molecule has 0 nitrogen and oxygen atoms in total. The Morgan fingerprint density at radius 2 is 1.00 bits per heavy atom. The minimum atomic E-state index is 1.18. The third-order valence-electron chi connectivity index (χ3n) is 2.73. The van der Waals surface area contributed by atoms with Crippen LogP contribution in [0.4, 0.5) is 0 Å². The van der Waals surface area contributed by atoms with Crippen LogP contribution in [0, 0.1) is 0 Å². The van der Waals surface area contributed by atoms with Crippen LogP contribution in [0.25, 0.3) is 19.5 Å². The number of hydrogen-bond acceptors (Lipinski definition) is 4. The molecule has 0 bridgehead atoms. The van der Waals surface area contributed by atoms with Crippen molar-refractivity contribution in [1.29, 1.82) is 0 Å². The molecule has 4 heterocycles. The molecule has 4 aromatic rings. The summed E-state index contributed by atoms with van der Waals surface area (Å²) in [5.41, 5.74) is 0. The first-order valence-electron chi connectivity index (χ1n) is 6.29. The highest BCUT2D eigenvalue weighted by molar-refractivity contribution is 9.11. The van der Waals surface area contributed by atoms with Gasteiger partial charge in [0.1, 0.15) is 0 Å². The Morgan fingerprint density at radius 3 is 1.27 bits per heavy atom. The van der Waals surface area contributed by atoms with Gasteiger partial charge >= 0.3 is 0 Å². The summed E-state index contributed by atoms with van der Waals surface area (Å²) >= 11 is 14.1. The molecule has 0 saturated carbocycles. The molecule has 4 rings (SSSR count). The molecule has 0 aliphatic rings. The maximum absolute atomic E-state index is 3.52. The smallest absolute Gasteiger partial charge is 0.0596 e. The summed E-state index contributed by atoms with van der Waals surface area (Å²) in [5, 5.41) is 8.39. The van der Waals surface area contributed by atoms with Gasteiger partial charge in [0, 0.05) is 18.7 Å². The van der Waals surface area contributed by atoms with E-state index in [9.17, 15) is 0 Å². The van der Waals surface area contributed by atoms with E-state index in [1.807, 2.05) is 0 Å². The highest BCUT2D eigenvalue weighted by atomic mass is 79.9. The van der Waals surface area contributed by atoms with E-state index in [0.29, 0.717) is 0 Å². The van der Waals surface area contributed by atoms with E-state index < -0.39 is 0 Å². The number of thiophene rings is 4. The molecule has 0 radical (unpaired) electrons. The van der Waals surface area contributed by atoms with Crippen LogP contribution in [0.1, 0.15) is 0 Å². The third kappa shape index (κ3) is 3.99. The Balaban J connectivity index is 0.000000133. The lowest BCUT2D eigenvalue weighted by atomic mass is 10.4. The van der Waals surface area contributed by atoms with Crippen molar-refractivity contribution >= 4 is 77.2 Å². The molecule has 0 N–H and O–H groups in total. The summed E-state index contributed by atoms with van der Waals surface area (Å²) in [5.74, 6) is 0. The maximum Gasteiger partial charge on any atom is 0.0596 e. The summed E-state index contributed by atoms with van der Waals surface area (Å²) < 4.78 is 2.35. The molecule has 22 heavy (non-hydrogen) atoms. The van der Waals surface area contributed by atoms with Crippen LogP contribution in [-0.2, 0) is 0 Å². The van der Waals surface area contributed by atoms with E-state index in [1.165, 1.54) is 28.5 Å². The molecule has 112 valence electrons. The molecule has 0 unspecified atom stereocenters. The zero-order valence-corrected chi connectivity index (χ0v) is 17.6. The van der Waals surface area contributed by atoms with Gasteiger partial charge in [-0.3, -0.25) is 0 Å². The van der Waals surface area contributed by atoms with Crippen LogP contribution in [0.2, 0.25) is 0 Å². The fraction of sp³-hybridized carbons (Fsp3) is 0. The van der Waals surface area contributed by atoms with Gasteiger partial charge < -0.3 is 0 Å². The molecule has 0 spiro atoms. The van der Waals surface area contributed by atoms with Gasteiger partial charge in [0.2, 0.25) is 0 Å². The molecular weight excluding hydrogens is 480 g/mol. The molecule has 0 aliphatic heterocycles. The average Bonchev–Trinajstić information content (AvgIpc) is 3.28. The lowest BCUT2D eigenvalue weighted by molar-refractivity contribution is 1.81. The van der Waals surface area contributed by atoms with Crippen molar-refractivity contribution in [2.75, 3.05) is 0 Å². The average molecular weight is 490 g/mol. The third-order valence-corrected chi connectivity index (χ3v) is 8.50. The summed E-state index contributed by atoms with van der Waals surface area (Å²) in [4.78, 5) is 5.35. The second-order valence-corrected chi connectivity index (χ2v) is 9.59. The molecular formula is C16H10Br2S4. The van der Waals surface area contributed by atoms with E-state index in [0.717, 1.165) is 0 Å². The molecule has 6 heteroatoms. The van der Waals surface area contributed by atoms with E-state index in [4.69, 9.17) is 0 Å². The first-order valence-corrected chi connectivity index (χ1v) is 11.4. The van der Waals surface area contributed by atoms with Crippen molar-refractivity contribution in [2.45, 2.75) is 0 Å². The van der Waals surface area contributed by atoms with Crippen molar-refractivity contribution in [3.05, 3.63) is 66.9 Å². The van der Waals surface area contributed by atoms with Crippen molar-refractivity contribution < 1.29 is 0 Å². The highest BCUT2D eigenvalue weighted by Gasteiger charge is 2.08. The Bertz CT molecular complexity index is 740. The molecule has 0 saturated heterocycles. The summed E-state index contributed by atoms with van der Waals surface area (Å²) in [6.45, 7) is 0. The van der Waals surface area contributed by atoms with Gasteiger partial charge in [-0.2, -0.15) is 0 Å². The topological polar surface area (TPSA) is 0 Å². The van der Waals surface area contributed by atoms with Crippen LogP contribution in [0.5, 0.6) is 0 Å².